The number of nitrogens with zero attached hydrogens (tertiary/aromatic N) is 2. The lowest BCUT2D eigenvalue weighted by atomic mass is 10.2. The lowest BCUT2D eigenvalue weighted by Crippen LogP contribution is -2.23. The van der Waals surface area contributed by atoms with Gasteiger partial charge in [0.15, 0.2) is 5.96 Å². The maximum absolute atomic E-state index is 5.87. The highest BCUT2D eigenvalue weighted by Gasteiger charge is 2.02. The summed E-state index contributed by atoms with van der Waals surface area (Å²) in [6, 6.07) is 13.3. The molecule has 1 aromatic heterocycles. The predicted molar refractivity (Wildman–Crippen MR) is 88.5 cm³/mol. The fourth-order valence-electron chi connectivity index (χ4n) is 1.75. The summed E-state index contributed by atoms with van der Waals surface area (Å²) in [6.45, 7) is 3.02. The third-order valence-electron chi connectivity index (χ3n) is 2.66. The Kier molecular flexibility index (Phi) is 5.57. The molecular weight excluding hydrogens is 332 g/mol. The Bertz CT molecular complexity index is 631. The SMILES string of the molecule is CCOc1ccccc1CN=C(N)Nc1cccc(Br)n1. The Morgan fingerprint density at radius 2 is 2.10 bits per heavy atom. The van der Waals surface area contributed by atoms with E-state index in [0.29, 0.717) is 24.9 Å². The van der Waals surface area contributed by atoms with Crippen LogP contribution in [-0.4, -0.2) is 17.6 Å². The summed E-state index contributed by atoms with van der Waals surface area (Å²) in [5, 5.41) is 2.95. The second kappa shape index (κ2) is 7.64. The van der Waals surface area contributed by atoms with Crippen LogP contribution in [0.25, 0.3) is 0 Å². The van der Waals surface area contributed by atoms with Crippen LogP contribution < -0.4 is 15.8 Å². The van der Waals surface area contributed by atoms with Crippen molar-refractivity contribution in [1.29, 1.82) is 0 Å². The van der Waals surface area contributed by atoms with Crippen LogP contribution in [0.1, 0.15) is 12.5 Å². The van der Waals surface area contributed by atoms with Gasteiger partial charge in [-0.05, 0) is 41.1 Å². The highest BCUT2D eigenvalue weighted by atomic mass is 79.9. The second-order valence-electron chi connectivity index (χ2n) is 4.21. The minimum atomic E-state index is 0.312. The molecule has 0 bridgehead atoms. The molecule has 5 nitrogen and oxygen atoms in total. The molecule has 0 fully saturated rings. The Morgan fingerprint density at radius 1 is 1.29 bits per heavy atom. The average molecular weight is 349 g/mol. The first-order valence-electron chi connectivity index (χ1n) is 6.59. The van der Waals surface area contributed by atoms with E-state index in [-0.39, 0.29) is 0 Å². The topological polar surface area (TPSA) is 72.5 Å². The summed E-state index contributed by atoms with van der Waals surface area (Å²) in [5.41, 5.74) is 6.86. The number of nitrogens with two attached hydrogens (primary N) is 1. The normalized spacial score (nSPS) is 11.2. The lowest BCUT2D eigenvalue weighted by molar-refractivity contribution is 0.336. The second-order valence-corrected chi connectivity index (χ2v) is 5.03. The van der Waals surface area contributed by atoms with Crippen molar-refractivity contribution in [3.05, 3.63) is 52.6 Å². The number of nitrogens with one attached hydrogen (secondary N) is 1. The number of hydrogen-bond donors (Lipinski definition) is 2. The number of para-hydroxylation sites is 1. The molecule has 0 saturated carbocycles. The predicted octanol–water partition coefficient (Wildman–Crippen LogP) is 3.17. The van der Waals surface area contributed by atoms with Gasteiger partial charge in [-0.25, -0.2) is 9.98 Å². The van der Waals surface area contributed by atoms with Crippen molar-refractivity contribution in [2.45, 2.75) is 13.5 Å². The molecule has 1 heterocycles. The maximum Gasteiger partial charge on any atom is 0.194 e. The van der Waals surface area contributed by atoms with Gasteiger partial charge in [0.25, 0.3) is 0 Å². The van der Waals surface area contributed by atoms with Gasteiger partial charge in [0.1, 0.15) is 16.2 Å². The number of anilines is 1. The van der Waals surface area contributed by atoms with E-state index in [1.54, 1.807) is 0 Å². The van der Waals surface area contributed by atoms with E-state index in [1.807, 2.05) is 49.4 Å². The first-order chi connectivity index (χ1) is 10.2. The number of pyridine rings is 1. The van der Waals surface area contributed by atoms with Crippen molar-refractivity contribution in [2.24, 2.45) is 10.7 Å². The lowest BCUT2D eigenvalue weighted by Gasteiger charge is -2.09. The Morgan fingerprint density at radius 3 is 2.86 bits per heavy atom. The molecule has 1 aromatic carbocycles. The van der Waals surface area contributed by atoms with Gasteiger partial charge in [-0.15, -0.1) is 0 Å². The van der Waals surface area contributed by atoms with Gasteiger partial charge in [-0.3, -0.25) is 0 Å². The summed E-state index contributed by atoms with van der Waals surface area (Å²) in [5.74, 6) is 1.78. The molecule has 0 aliphatic carbocycles. The number of benzene rings is 1. The number of ether oxygens (including phenoxy) is 1. The molecule has 0 amide bonds. The zero-order chi connectivity index (χ0) is 15.1. The van der Waals surface area contributed by atoms with Crippen molar-refractivity contribution in [3.8, 4) is 5.75 Å². The molecule has 2 aromatic rings. The number of aliphatic imine (C=N–C) groups is 1. The molecule has 0 spiro atoms. The maximum atomic E-state index is 5.87. The number of hydrogen-bond acceptors (Lipinski definition) is 3. The molecule has 3 N–H and O–H groups in total. The van der Waals surface area contributed by atoms with Crippen molar-refractivity contribution < 1.29 is 4.74 Å². The minimum Gasteiger partial charge on any atom is -0.494 e. The summed E-state index contributed by atoms with van der Waals surface area (Å²) in [7, 11) is 0. The fraction of sp³-hybridized carbons (Fsp3) is 0.200. The Balaban J connectivity index is 2.03. The molecule has 2 rings (SSSR count). The van der Waals surface area contributed by atoms with Crippen LogP contribution in [0.15, 0.2) is 52.1 Å². The highest BCUT2D eigenvalue weighted by molar-refractivity contribution is 9.10. The third-order valence-corrected chi connectivity index (χ3v) is 3.11. The third kappa shape index (κ3) is 4.75. The van der Waals surface area contributed by atoms with Crippen molar-refractivity contribution in [2.75, 3.05) is 11.9 Å². The zero-order valence-corrected chi connectivity index (χ0v) is 13.3. The molecule has 6 heteroatoms. The van der Waals surface area contributed by atoms with Gasteiger partial charge in [0.2, 0.25) is 0 Å². The minimum absolute atomic E-state index is 0.312. The fourth-order valence-corrected chi connectivity index (χ4v) is 2.09. The van der Waals surface area contributed by atoms with E-state index in [0.717, 1.165) is 15.9 Å². The molecule has 21 heavy (non-hydrogen) atoms. The molecule has 0 aliphatic rings. The largest absolute Gasteiger partial charge is 0.494 e. The van der Waals surface area contributed by atoms with Crippen molar-refractivity contribution >= 4 is 27.7 Å². The van der Waals surface area contributed by atoms with Crippen LogP contribution in [0, 0.1) is 0 Å². The molecule has 0 radical (unpaired) electrons. The number of rotatable bonds is 5. The van der Waals surface area contributed by atoms with Crippen molar-refractivity contribution in [1.82, 2.24) is 4.98 Å². The summed E-state index contributed by atoms with van der Waals surface area (Å²) in [4.78, 5) is 8.55. The van der Waals surface area contributed by atoms with Gasteiger partial charge in [-0.1, -0.05) is 24.3 Å². The number of halogens is 1. The van der Waals surface area contributed by atoms with E-state index in [1.165, 1.54) is 0 Å². The molecule has 0 saturated heterocycles. The average Bonchev–Trinajstić information content (AvgIpc) is 2.47. The Labute approximate surface area is 132 Å². The van der Waals surface area contributed by atoms with Crippen LogP contribution in [0.2, 0.25) is 0 Å². The van der Waals surface area contributed by atoms with Gasteiger partial charge in [0, 0.05) is 5.56 Å². The highest BCUT2D eigenvalue weighted by Crippen LogP contribution is 2.18. The molecule has 110 valence electrons. The van der Waals surface area contributed by atoms with Gasteiger partial charge < -0.3 is 15.8 Å². The van der Waals surface area contributed by atoms with Gasteiger partial charge >= 0.3 is 0 Å². The summed E-state index contributed by atoms with van der Waals surface area (Å²) in [6.07, 6.45) is 0. The van der Waals surface area contributed by atoms with E-state index in [9.17, 15) is 0 Å². The Hall–Kier alpha value is -2.08. The molecule has 0 atom stereocenters. The molecule has 0 unspecified atom stereocenters. The summed E-state index contributed by atoms with van der Waals surface area (Å²) >= 11 is 3.31. The van der Waals surface area contributed by atoms with Crippen LogP contribution >= 0.6 is 15.9 Å². The van der Waals surface area contributed by atoms with Gasteiger partial charge in [0.05, 0.1) is 13.2 Å². The molecular formula is C15H17BrN4O. The van der Waals surface area contributed by atoms with E-state index in [4.69, 9.17) is 10.5 Å². The van der Waals surface area contributed by atoms with Crippen LogP contribution in [0.5, 0.6) is 5.75 Å². The first-order valence-corrected chi connectivity index (χ1v) is 7.38. The van der Waals surface area contributed by atoms with Crippen LogP contribution in [0.4, 0.5) is 5.82 Å². The first kappa shape index (κ1) is 15.3. The number of guanidine groups is 1. The number of aromatic nitrogens is 1. The smallest absolute Gasteiger partial charge is 0.194 e. The van der Waals surface area contributed by atoms with Crippen LogP contribution in [0.3, 0.4) is 0 Å². The standard InChI is InChI=1S/C15H17BrN4O/c1-2-21-12-7-4-3-6-11(12)10-18-15(17)20-14-9-5-8-13(16)19-14/h3-9H,2,10H2,1H3,(H3,17,18,19,20). The van der Waals surface area contributed by atoms with E-state index >= 15 is 0 Å². The van der Waals surface area contributed by atoms with Crippen molar-refractivity contribution in [3.63, 3.8) is 0 Å². The zero-order valence-electron chi connectivity index (χ0n) is 11.7. The summed E-state index contributed by atoms with van der Waals surface area (Å²) < 4.78 is 6.29. The van der Waals surface area contributed by atoms with Gasteiger partial charge in [-0.2, -0.15) is 0 Å². The quantitative estimate of drug-likeness (QED) is 0.494. The van der Waals surface area contributed by atoms with E-state index < -0.39 is 0 Å². The van der Waals surface area contributed by atoms with Crippen LogP contribution in [-0.2, 0) is 6.54 Å². The monoisotopic (exact) mass is 348 g/mol. The van der Waals surface area contributed by atoms with E-state index in [2.05, 4.69) is 31.2 Å². The molecule has 0 aliphatic heterocycles.